The Morgan fingerprint density at radius 1 is 1.32 bits per heavy atom. The Balaban J connectivity index is 0.00000441. The van der Waals surface area contributed by atoms with E-state index in [1.165, 1.54) is 18.2 Å². The van der Waals surface area contributed by atoms with E-state index in [0.29, 0.717) is 12.5 Å². The van der Waals surface area contributed by atoms with E-state index in [4.69, 9.17) is 0 Å². The van der Waals surface area contributed by atoms with Gasteiger partial charge in [0, 0.05) is 12.6 Å². The van der Waals surface area contributed by atoms with Crippen LogP contribution in [0.5, 0.6) is 5.75 Å². The van der Waals surface area contributed by atoms with E-state index < -0.39 is 12.4 Å². The second-order valence-corrected chi connectivity index (χ2v) is 4.59. The minimum Gasteiger partial charge on any atom is -0.434 e. The summed E-state index contributed by atoms with van der Waals surface area (Å²) < 4.78 is 42.7. The summed E-state index contributed by atoms with van der Waals surface area (Å²) in [5, 5.41) is 6.05. The number of rotatable bonds is 6. The Morgan fingerprint density at radius 2 is 2.00 bits per heavy atom. The van der Waals surface area contributed by atoms with Gasteiger partial charge in [-0.3, -0.25) is 0 Å². The molecule has 2 N–H and O–H groups in total. The van der Waals surface area contributed by atoms with E-state index in [0.717, 1.165) is 0 Å². The molecule has 1 aromatic rings. The summed E-state index contributed by atoms with van der Waals surface area (Å²) in [6, 6.07) is 3.94. The number of aliphatic imine (C=N–C) groups is 1. The Morgan fingerprint density at radius 3 is 2.55 bits per heavy atom. The lowest BCUT2D eigenvalue weighted by Gasteiger charge is -2.15. The van der Waals surface area contributed by atoms with Crippen molar-refractivity contribution < 1.29 is 17.9 Å². The van der Waals surface area contributed by atoms with Crippen molar-refractivity contribution in [3.63, 3.8) is 0 Å². The van der Waals surface area contributed by atoms with Gasteiger partial charge in [-0.1, -0.05) is 6.07 Å². The van der Waals surface area contributed by atoms with Gasteiger partial charge in [-0.25, -0.2) is 9.38 Å². The summed E-state index contributed by atoms with van der Waals surface area (Å²) in [7, 11) is 0. The average molecular weight is 431 g/mol. The maximum Gasteiger partial charge on any atom is 0.387 e. The summed E-state index contributed by atoms with van der Waals surface area (Å²) in [6.07, 6.45) is 0. The molecule has 0 amide bonds. The van der Waals surface area contributed by atoms with Crippen LogP contribution in [0.25, 0.3) is 0 Å². The highest BCUT2D eigenvalue weighted by molar-refractivity contribution is 14.0. The molecular formula is C14H21F3IN3O. The number of hydrogen-bond donors (Lipinski definition) is 2. The van der Waals surface area contributed by atoms with E-state index in [1.54, 1.807) is 0 Å². The summed E-state index contributed by atoms with van der Waals surface area (Å²) in [5.41, 5.74) is -0.00115. The van der Waals surface area contributed by atoms with Crippen LogP contribution < -0.4 is 15.4 Å². The molecule has 0 aliphatic carbocycles. The fourth-order valence-electron chi connectivity index (χ4n) is 1.65. The van der Waals surface area contributed by atoms with Crippen LogP contribution in [0.15, 0.2) is 23.2 Å². The van der Waals surface area contributed by atoms with Crippen molar-refractivity contribution in [3.8, 4) is 5.75 Å². The SMILES string of the molecule is CCNC(=NCc1c(F)cccc1OC(F)F)NC(C)C.I. The molecule has 0 heterocycles. The zero-order valence-corrected chi connectivity index (χ0v) is 15.0. The van der Waals surface area contributed by atoms with Gasteiger partial charge in [0.15, 0.2) is 5.96 Å². The molecule has 0 saturated heterocycles. The van der Waals surface area contributed by atoms with Crippen LogP contribution in [-0.2, 0) is 6.54 Å². The quantitative estimate of drug-likeness (QED) is 0.412. The van der Waals surface area contributed by atoms with E-state index in [9.17, 15) is 13.2 Å². The monoisotopic (exact) mass is 431 g/mol. The van der Waals surface area contributed by atoms with E-state index in [2.05, 4.69) is 20.4 Å². The van der Waals surface area contributed by atoms with Crippen molar-refractivity contribution in [2.45, 2.75) is 40.0 Å². The number of alkyl halides is 2. The summed E-state index contributed by atoms with van der Waals surface area (Å²) in [6.45, 7) is 3.29. The lowest BCUT2D eigenvalue weighted by Crippen LogP contribution is -2.41. The topological polar surface area (TPSA) is 45.7 Å². The third-order valence-corrected chi connectivity index (χ3v) is 2.46. The Bertz CT molecular complexity index is 484. The van der Waals surface area contributed by atoms with Crippen molar-refractivity contribution in [1.82, 2.24) is 10.6 Å². The fraction of sp³-hybridized carbons (Fsp3) is 0.500. The van der Waals surface area contributed by atoms with Crippen LogP contribution >= 0.6 is 24.0 Å². The minimum atomic E-state index is -3.00. The third kappa shape index (κ3) is 7.19. The van der Waals surface area contributed by atoms with Gasteiger partial charge in [-0.05, 0) is 32.9 Å². The largest absolute Gasteiger partial charge is 0.434 e. The van der Waals surface area contributed by atoms with Crippen LogP contribution in [0.2, 0.25) is 0 Å². The number of guanidine groups is 1. The summed E-state index contributed by atoms with van der Waals surface area (Å²) in [5.74, 6) is -0.342. The number of nitrogens with one attached hydrogen (secondary N) is 2. The Labute approximate surface area is 145 Å². The van der Waals surface area contributed by atoms with Crippen LogP contribution in [0.1, 0.15) is 26.3 Å². The highest BCUT2D eigenvalue weighted by atomic mass is 127. The molecule has 0 unspecified atom stereocenters. The van der Waals surface area contributed by atoms with Gasteiger partial charge in [0.1, 0.15) is 11.6 Å². The van der Waals surface area contributed by atoms with Gasteiger partial charge < -0.3 is 15.4 Å². The van der Waals surface area contributed by atoms with Crippen molar-refractivity contribution >= 4 is 29.9 Å². The van der Waals surface area contributed by atoms with E-state index >= 15 is 0 Å². The van der Waals surface area contributed by atoms with Gasteiger partial charge in [0.2, 0.25) is 0 Å². The zero-order chi connectivity index (χ0) is 15.8. The molecule has 0 spiro atoms. The lowest BCUT2D eigenvalue weighted by molar-refractivity contribution is -0.0506. The zero-order valence-electron chi connectivity index (χ0n) is 12.7. The summed E-state index contributed by atoms with van der Waals surface area (Å²) in [4.78, 5) is 4.18. The van der Waals surface area contributed by atoms with Crippen LogP contribution in [0.4, 0.5) is 13.2 Å². The molecule has 126 valence electrons. The molecule has 0 aliphatic rings. The molecule has 0 saturated carbocycles. The molecule has 8 heteroatoms. The highest BCUT2D eigenvalue weighted by Gasteiger charge is 2.13. The first-order chi connectivity index (χ1) is 9.93. The fourth-order valence-corrected chi connectivity index (χ4v) is 1.65. The number of ether oxygens (including phenoxy) is 1. The van der Waals surface area contributed by atoms with Gasteiger partial charge in [0.25, 0.3) is 0 Å². The molecule has 1 rings (SSSR count). The molecule has 1 aromatic carbocycles. The Hall–Kier alpha value is -1.19. The number of nitrogens with zero attached hydrogens (tertiary/aromatic N) is 1. The molecule has 0 aromatic heterocycles. The number of halogens is 4. The maximum absolute atomic E-state index is 13.8. The van der Waals surface area contributed by atoms with Gasteiger partial charge in [-0.2, -0.15) is 8.78 Å². The molecular weight excluding hydrogens is 410 g/mol. The number of hydrogen-bond acceptors (Lipinski definition) is 2. The van der Waals surface area contributed by atoms with Gasteiger partial charge in [-0.15, -0.1) is 24.0 Å². The van der Waals surface area contributed by atoms with E-state index in [1.807, 2.05) is 20.8 Å². The smallest absolute Gasteiger partial charge is 0.387 e. The lowest BCUT2D eigenvalue weighted by atomic mass is 10.2. The number of benzene rings is 1. The first-order valence-corrected chi connectivity index (χ1v) is 6.71. The van der Waals surface area contributed by atoms with Crippen LogP contribution in [0, 0.1) is 5.82 Å². The minimum absolute atomic E-state index is 0. The van der Waals surface area contributed by atoms with Crippen molar-refractivity contribution in [1.29, 1.82) is 0 Å². The predicted octanol–water partition coefficient (Wildman–Crippen LogP) is 3.51. The first-order valence-electron chi connectivity index (χ1n) is 6.71. The first kappa shape index (κ1) is 20.8. The normalized spacial score (nSPS) is 11.4. The van der Waals surface area contributed by atoms with Crippen molar-refractivity contribution in [3.05, 3.63) is 29.6 Å². The molecule has 0 aliphatic heterocycles. The van der Waals surface area contributed by atoms with Crippen molar-refractivity contribution in [2.24, 2.45) is 4.99 Å². The van der Waals surface area contributed by atoms with Gasteiger partial charge >= 0.3 is 6.61 Å². The van der Waals surface area contributed by atoms with Crippen LogP contribution in [0.3, 0.4) is 0 Å². The predicted molar refractivity (Wildman–Crippen MR) is 91.5 cm³/mol. The molecule has 0 atom stereocenters. The second-order valence-electron chi connectivity index (χ2n) is 4.59. The maximum atomic E-state index is 13.8. The molecule has 0 bridgehead atoms. The second kappa shape index (κ2) is 10.5. The molecule has 22 heavy (non-hydrogen) atoms. The standard InChI is InChI=1S/C14H20F3N3O.HI/c1-4-18-14(20-9(2)3)19-8-10-11(15)6-5-7-12(10)21-13(16)17;/h5-7,9,13H,4,8H2,1-3H3,(H2,18,19,20);1H. The van der Waals surface area contributed by atoms with E-state index in [-0.39, 0.29) is 47.9 Å². The Kier molecular flexibility index (Phi) is 9.95. The van der Waals surface area contributed by atoms with Gasteiger partial charge in [0.05, 0.1) is 12.1 Å². The summed E-state index contributed by atoms with van der Waals surface area (Å²) >= 11 is 0. The highest BCUT2D eigenvalue weighted by Crippen LogP contribution is 2.24. The third-order valence-electron chi connectivity index (χ3n) is 2.46. The molecule has 0 fully saturated rings. The van der Waals surface area contributed by atoms with Crippen LogP contribution in [-0.4, -0.2) is 25.2 Å². The molecule has 4 nitrogen and oxygen atoms in total. The van der Waals surface area contributed by atoms with Crippen molar-refractivity contribution in [2.75, 3.05) is 6.54 Å². The molecule has 0 radical (unpaired) electrons. The average Bonchev–Trinajstić information content (AvgIpc) is 2.36.